The summed E-state index contributed by atoms with van der Waals surface area (Å²) in [5.74, 6) is -0.124. The molecule has 0 aromatic heterocycles. The Kier molecular flexibility index (Phi) is 7.27. The molecule has 0 radical (unpaired) electrons. The third kappa shape index (κ3) is 6.22. The highest BCUT2D eigenvalue weighted by molar-refractivity contribution is 5.82. The monoisotopic (exact) mass is 351 g/mol. The third-order valence-electron chi connectivity index (χ3n) is 4.12. The Hall–Kier alpha value is -1.78. The van der Waals surface area contributed by atoms with Crippen LogP contribution in [0.3, 0.4) is 0 Å². The molecule has 0 spiro atoms. The van der Waals surface area contributed by atoms with Gasteiger partial charge < -0.3 is 9.47 Å². The minimum Gasteiger partial charge on any atom is -0.464 e. The maximum Gasteiger partial charge on any atom is 0.411 e. The summed E-state index contributed by atoms with van der Waals surface area (Å²) < 4.78 is 10.9. The van der Waals surface area contributed by atoms with Crippen LogP contribution in [0.25, 0.3) is 0 Å². The standard InChI is InChI=1S/C20H33NO4/c1-8-10-20(11-9-2)12-16(17(22)24-13-15(3)4)21(14-20)18(23)25-19(5,6)7/h8-9,15-16H,1-2,10-14H2,3-7H3/t16-/m0/s1. The highest BCUT2D eigenvalue weighted by Crippen LogP contribution is 2.42. The summed E-state index contributed by atoms with van der Waals surface area (Å²) in [6.45, 7) is 17.8. The van der Waals surface area contributed by atoms with Crippen LogP contribution in [-0.2, 0) is 14.3 Å². The fraction of sp³-hybridized carbons (Fsp3) is 0.700. The summed E-state index contributed by atoms with van der Waals surface area (Å²) in [6.07, 6.45) is 5.12. The van der Waals surface area contributed by atoms with E-state index in [1.165, 1.54) is 4.90 Å². The molecule has 25 heavy (non-hydrogen) atoms. The lowest BCUT2D eigenvalue weighted by molar-refractivity contribution is -0.150. The second-order valence-corrected chi connectivity index (χ2v) is 8.34. The molecule has 1 amide bonds. The van der Waals surface area contributed by atoms with E-state index in [2.05, 4.69) is 13.2 Å². The van der Waals surface area contributed by atoms with Gasteiger partial charge in [0, 0.05) is 6.54 Å². The van der Waals surface area contributed by atoms with E-state index >= 15 is 0 Å². The van der Waals surface area contributed by atoms with Crippen molar-refractivity contribution in [2.45, 2.75) is 65.5 Å². The first-order chi connectivity index (χ1) is 11.5. The molecule has 5 nitrogen and oxygen atoms in total. The topological polar surface area (TPSA) is 55.8 Å². The van der Waals surface area contributed by atoms with E-state index in [-0.39, 0.29) is 17.3 Å². The van der Waals surface area contributed by atoms with Crippen LogP contribution >= 0.6 is 0 Å². The van der Waals surface area contributed by atoms with Crippen molar-refractivity contribution in [1.82, 2.24) is 4.90 Å². The predicted molar refractivity (Wildman–Crippen MR) is 99.2 cm³/mol. The van der Waals surface area contributed by atoms with E-state index in [0.29, 0.717) is 32.4 Å². The van der Waals surface area contributed by atoms with E-state index < -0.39 is 17.7 Å². The molecule has 1 fully saturated rings. The largest absolute Gasteiger partial charge is 0.464 e. The van der Waals surface area contributed by atoms with Crippen molar-refractivity contribution in [2.24, 2.45) is 11.3 Å². The number of carbonyl (C=O) groups excluding carboxylic acids is 2. The number of carbonyl (C=O) groups is 2. The van der Waals surface area contributed by atoms with Crippen LogP contribution in [0.1, 0.15) is 53.9 Å². The molecular weight excluding hydrogens is 318 g/mol. The first kappa shape index (κ1) is 21.3. The molecule has 0 unspecified atom stereocenters. The average molecular weight is 351 g/mol. The SMILES string of the molecule is C=CCC1(CC=C)C[C@@H](C(=O)OCC(C)C)N(C(=O)OC(C)(C)C)C1. The first-order valence-electron chi connectivity index (χ1n) is 8.91. The Balaban J connectivity index is 3.04. The lowest BCUT2D eigenvalue weighted by atomic mass is 9.79. The smallest absolute Gasteiger partial charge is 0.411 e. The molecule has 1 heterocycles. The Bertz CT molecular complexity index is 494. The zero-order valence-corrected chi connectivity index (χ0v) is 16.3. The maximum absolute atomic E-state index is 12.7. The zero-order chi connectivity index (χ0) is 19.3. The first-order valence-corrected chi connectivity index (χ1v) is 8.91. The molecular formula is C20H33NO4. The van der Waals surface area contributed by atoms with Crippen molar-refractivity contribution in [3.63, 3.8) is 0 Å². The van der Waals surface area contributed by atoms with Crippen molar-refractivity contribution < 1.29 is 19.1 Å². The van der Waals surface area contributed by atoms with Crippen molar-refractivity contribution in [1.29, 1.82) is 0 Å². The van der Waals surface area contributed by atoms with Gasteiger partial charge in [-0.1, -0.05) is 26.0 Å². The van der Waals surface area contributed by atoms with Crippen molar-refractivity contribution in [3.05, 3.63) is 25.3 Å². The second-order valence-electron chi connectivity index (χ2n) is 8.34. The molecule has 1 rings (SSSR count). The number of ether oxygens (including phenoxy) is 2. The molecule has 5 heteroatoms. The Labute approximate surface area is 152 Å². The van der Waals surface area contributed by atoms with E-state index in [4.69, 9.17) is 9.47 Å². The van der Waals surface area contributed by atoms with Gasteiger partial charge in [0.05, 0.1) is 6.61 Å². The molecule has 0 bridgehead atoms. The quantitative estimate of drug-likeness (QED) is 0.506. The summed E-state index contributed by atoms with van der Waals surface area (Å²) in [7, 11) is 0. The minimum absolute atomic E-state index is 0.242. The number of hydrogen-bond donors (Lipinski definition) is 0. The van der Waals surface area contributed by atoms with E-state index in [9.17, 15) is 9.59 Å². The Morgan fingerprint density at radius 1 is 1.24 bits per heavy atom. The van der Waals surface area contributed by atoms with Crippen molar-refractivity contribution in [2.75, 3.05) is 13.2 Å². The summed E-state index contributed by atoms with van der Waals surface area (Å²) in [5.41, 5.74) is -0.868. The number of hydrogen-bond acceptors (Lipinski definition) is 4. The Morgan fingerprint density at radius 3 is 2.24 bits per heavy atom. The van der Waals surface area contributed by atoms with Gasteiger partial charge in [0.25, 0.3) is 0 Å². The van der Waals surface area contributed by atoms with Crippen LogP contribution in [0.4, 0.5) is 4.79 Å². The molecule has 1 aliphatic heterocycles. The molecule has 1 saturated heterocycles. The number of likely N-dealkylation sites (tertiary alicyclic amines) is 1. The van der Waals surface area contributed by atoms with Gasteiger partial charge in [-0.3, -0.25) is 4.90 Å². The van der Waals surface area contributed by atoms with Gasteiger partial charge in [0.15, 0.2) is 0 Å². The van der Waals surface area contributed by atoms with Gasteiger partial charge in [-0.2, -0.15) is 0 Å². The molecule has 0 aliphatic carbocycles. The van der Waals surface area contributed by atoms with Crippen LogP contribution in [0.2, 0.25) is 0 Å². The van der Waals surface area contributed by atoms with Gasteiger partial charge in [-0.25, -0.2) is 9.59 Å². The highest BCUT2D eigenvalue weighted by atomic mass is 16.6. The molecule has 1 atom stereocenters. The summed E-state index contributed by atoms with van der Waals surface area (Å²) in [4.78, 5) is 26.8. The number of esters is 1. The third-order valence-corrected chi connectivity index (χ3v) is 4.12. The maximum atomic E-state index is 12.7. The molecule has 0 aromatic carbocycles. The zero-order valence-electron chi connectivity index (χ0n) is 16.3. The van der Waals surface area contributed by atoms with Crippen molar-refractivity contribution in [3.8, 4) is 0 Å². The molecule has 142 valence electrons. The van der Waals surface area contributed by atoms with Gasteiger partial charge in [0.1, 0.15) is 11.6 Å². The lowest BCUT2D eigenvalue weighted by Gasteiger charge is -2.29. The van der Waals surface area contributed by atoms with Gasteiger partial charge in [0.2, 0.25) is 0 Å². The number of allylic oxidation sites excluding steroid dienone is 2. The van der Waals surface area contributed by atoms with Gasteiger partial charge >= 0.3 is 12.1 Å². The van der Waals surface area contributed by atoms with Gasteiger partial charge in [-0.15, -0.1) is 13.2 Å². The Morgan fingerprint density at radius 2 is 1.80 bits per heavy atom. The lowest BCUT2D eigenvalue weighted by Crippen LogP contribution is -2.44. The molecule has 0 saturated carbocycles. The molecule has 0 N–H and O–H groups in total. The number of nitrogens with zero attached hydrogens (tertiary/aromatic N) is 1. The average Bonchev–Trinajstić information content (AvgIpc) is 2.83. The fourth-order valence-corrected chi connectivity index (χ4v) is 3.12. The van der Waals surface area contributed by atoms with E-state index in [0.717, 1.165) is 0 Å². The molecule has 1 aliphatic rings. The molecule has 0 aromatic rings. The van der Waals surface area contributed by atoms with E-state index in [1.54, 1.807) is 0 Å². The van der Waals surface area contributed by atoms with E-state index in [1.807, 2.05) is 46.8 Å². The van der Waals surface area contributed by atoms with Crippen LogP contribution in [-0.4, -0.2) is 41.8 Å². The van der Waals surface area contributed by atoms with Crippen LogP contribution in [0, 0.1) is 11.3 Å². The number of amides is 1. The fourth-order valence-electron chi connectivity index (χ4n) is 3.12. The summed E-state index contributed by atoms with van der Waals surface area (Å²) in [6, 6.07) is -0.631. The highest BCUT2D eigenvalue weighted by Gasteiger charge is 2.49. The van der Waals surface area contributed by atoms with Gasteiger partial charge in [-0.05, 0) is 51.4 Å². The predicted octanol–water partition coefficient (Wildman–Crippen LogP) is 4.33. The summed E-state index contributed by atoms with van der Waals surface area (Å²) >= 11 is 0. The minimum atomic E-state index is -0.631. The number of rotatable bonds is 7. The van der Waals surface area contributed by atoms with Crippen LogP contribution in [0.5, 0.6) is 0 Å². The van der Waals surface area contributed by atoms with Crippen LogP contribution < -0.4 is 0 Å². The van der Waals surface area contributed by atoms with Crippen LogP contribution in [0.15, 0.2) is 25.3 Å². The second kappa shape index (κ2) is 8.54. The van der Waals surface area contributed by atoms with Crippen molar-refractivity contribution >= 4 is 12.1 Å². The normalized spacial score (nSPS) is 19.6. The summed E-state index contributed by atoms with van der Waals surface area (Å²) in [5, 5.41) is 0.